The number of benzene rings is 1. The Hall–Kier alpha value is -1.46. The molecule has 1 aliphatic rings. The Kier molecular flexibility index (Phi) is 9.40. The first kappa shape index (κ1) is 23.6. The van der Waals surface area contributed by atoms with E-state index < -0.39 is 11.7 Å². The molecule has 0 aromatic heterocycles. The Balaban J connectivity index is 0.000000646. The second-order valence-electron chi connectivity index (χ2n) is 8.08. The highest BCUT2D eigenvalue weighted by Gasteiger charge is 2.31. The highest BCUT2D eigenvalue weighted by atomic mass is 16.3. The molecule has 4 heteroatoms. The van der Waals surface area contributed by atoms with Crippen molar-refractivity contribution in [2.45, 2.75) is 45.8 Å². The van der Waals surface area contributed by atoms with Gasteiger partial charge in [-0.15, -0.1) is 0 Å². The molecule has 0 saturated carbocycles. The van der Waals surface area contributed by atoms with Gasteiger partial charge < -0.3 is 15.3 Å². The van der Waals surface area contributed by atoms with Gasteiger partial charge in [-0.2, -0.15) is 0 Å². The molecule has 0 bridgehead atoms. The number of rotatable bonds is 7. The van der Waals surface area contributed by atoms with Gasteiger partial charge in [-0.25, -0.2) is 0 Å². The summed E-state index contributed by atoms with van der Waals surface area (Å²) in [6, 6.07) is 7.51. The van der Waals surface area contributed by atoms with Crippen LogP contribution in [-0.4, -0.2) is 46.5 Å². The fourth-order valence-electron chi connectivity index (χ4n) is 3.32. The van der Waals surface area contributed by atoms with Crippen molar-refractivity contribution in [1.29, 1.82) is 0 Å². The van der Waals surface area contributed by atoms with Crippen LogP contribution >= 0.6 is 0 Å². The largest absolute Gasteiger partial charge is 0.396 e. The van der Waals surface area contributed by atoms with E-state index in [9.17, 15) is 15.3 Å². The van der Waals surface area contributed by atoms with Crippen LogP contribution in [-0.2, 0) is 5.60 Å². The van der Waals surface area contributed by atoms with Crippen LogP contribution in [0.4, 0.5) is 0 Å². The Bertz CT molecular complexity index is 577. The molecule has 3 atom stereocenters. The molecule has 1 unspecified atom stereocenters. The number of aliphatic hydroxyl groups excluding tert-OH is 2. The molecule has 1 heterocycles. The van der Waals surface area contributed by atoms with Gasteiger partial charge in [-0.3, -0.25) is 4.90 Å². The summed E-state index contributed by atoms with van der Waals surface area (Å²) in [4.78, 5) is 2.24. The van der Waals surface area contributed by atoms with E-state index in [1.807, 2.05) is 31.2 Å². The molecule has 152 valence electrons. The smallest absolute Gasteiger partial charge is 0.0916 e. The van der Waals surface area contributed by atoms with Crippen LogP contribution < -0.4 is 0 Å². The van der Waals surface area contributed by atoms with E-state index in [0.29, 0.717) is 18.4 Å². The molecular weight excluding hydrogens is 338 g/mol. The zero-order valence-corrected chi connectivity index (χ0v) is 17.4. The molecule has 0 amide bonds. The molecule has 0 aliphatic carbocycles. The first-order valence-electron chi connectivity index (χ1n) is 9.74. The highest BCUT2D eigenvalue weighted by Crippen LogP contribution is 2.28. The Labute approximate surface area is 164 Å². The maximum absolute atomic E-state index is 10.4. The second kappa shape index (κ2) is 10.8. The Morgan fingerprint density at radius 1 is 1.26 bits per heavy atom. The van der Waals surface area contributed by atoms with Crippen LogP contribution in [0, 0.1) is 11.8 Å². The summed E-state index contributed by atoms with van der Waals surface area (Å²) in [7, 11) is 0. The van der Waals surface area contributed by atoms with Gasteiger partial charge in [0, 0.05) is 26.2 Å². The van der Waals surface area contributed by atoms with Crippen molar-refractivity contribution in [2.24, 2.45) is 11.8 Å². The normalized spacial score (nSPS) is 21.3. The van der Waals surface area contributed by atoms with E-state index in [0.717, 1.165) is 36.2 Å². The predicted molar refractivity (Wildman–Crippen MR) is 112 cm³/mol. The van der Waals surface area contributed by atoms with Gasteiger partial charge in [0.15, 0.2) is 0 Å². The SMILES string of the molecule is C=CC(=C)C.CC[C@@H]1CN(CC(O)c2ccc(C(C)(C)O)cc2)C[C@@H]1CO. The number of allylic oxidation sites excluding steroid dienone is 2. The van der Waals surface area contributed by atoms with E-state index in [-0.39, 0.29) is 6.61 Å². The minimum absolute atomic E-state index is 0.228. The van der Waals surface area contributed by atoms with Gasteiger partial charge in [0.25, 0.3) is 0 Å². The maximum atomic E-state index is 10.4. The fourth-order valence-corrected chi connectivity index (χ4v) is 3.32. The lowest BCUT2D eigenvalue weighted by Crippen LogP contribution is -2.27. The molecule has 2 rings (SSSR count). The summed E-state index contributed by atoms with van der Waals surface area (Å²) in [5, 5.41) is 29.8. The molecule has 1 saturated heterocycles. The molecule has 1 aromatic rings. The van der Waals surface area contributed by atoms with Crippen LogP contribution in [0.3, 0.4) is 0 Å². The third-order valence-electron chi connectivity index (χ3n) is 5.19. The summed E-state index contributed by atoms with van der Waals surface area (Å²) in [6.45, 7) is 17.2. The standard InChI is InChI=1S/C18H29NO3.C5H8/c1-4-13-9-19(10-15(13)12-20)11-17(21)14-5-7-16(8-6-14)18(2,3)22;1-4-5(2)3/h5-8,13,15,17,20-22H,4,9-12H2,1-3H3;4H,1-2H2,3H3/t13-,15-,17?;/m1./s1. The van der Waals surface area contributed by atoms with Crippen LogP contribution in [0.25, 0.3) is 0 Å². The van der Waals surface area contributed by atoms with Gasteiger partial charge in [-0.1, -0.05) is 62.4 Å². The monoisotopic (exact) mass is 375 g/mol. The summed E-state index contributed by atoms with van der Waals surface area (Å²) in [5.74, 6) is 0.851. The number of nitrogens with zero attached hydrogens (tertiary/aromatic N) is 1. The highest BCUT2D eigenvalue weighted by molar-refractivity contribution is 5.27. The summed E-state index contributed by atoms with van der Waals surface area (Å²) < 4.78 is 0. The molecule has 1 aliphatic heterocycles. The van der Waals surface area contributed by atoms with E-state index in [1.165, 1.54) is 0 Å². The van der Waals surface area contributed by atoms with Crippen molar-refractivity contribution in [3.8, 4) is 0 Å². The third-order valence-corrected chi connectivity index (χ3v) is 5.19. The van der Waals surface area contributed by atoms with Crippen molar-refractivity contribution in [1.82, 2.24) is 4.90 Å². The summed E-state index contributed by atoms with van der Waals surface area (Å²) >= 11 is 0. The van der Waals surface area contributed by atoms with Gasteiger partial charge in [-0.05, 0) is 43.7 Å². The second-order valence-corrected chi connectivity index (χ2v) is 8.08. The van der Waals surface area contributed by atoms with Crippen molar-refractivity contribution in [2.75, 3.05) is 26.2 Å². The number of β-amino-alcohol motifs (C(OH)–C–C–N with tert-alkyl or cyclic N) is 1. The number of hydrogen-bond acceptors (Lipinski definition) is 4. The van der Waals surface area contributed by atoms with Gasteiger partial charge in [0.05, 0.1) is 11.7 Å². The number of hydrogen-bond donors (Lipinski definition) is 3. The van der Waals surface area contributed by atoms with Crippen molar-refractivity contribution < 1.29 is 15.3 Å². The lowest BCUT2D eigenvalue weighted by molar-refractivity contribution is 0.0783. The van der Waals surface area contributed by atoms with Gasteiger partial charge >= 0.3 is 0 Å². The summed E-state index contributed by atoms with van der Waals surface area (Å²) in [6.07, 6.45) is 2.25. The zero-order valence-electron chi connectivity index (χ0n) is 17.4. The van der Waals surface area contributed by atoms with Crippen LogP contribution in [0.15, 0.2) is 49.1 Å². The molecule has 27 heavy (non-hydrogen) atoms. The minimum Gasteiger partial charge on any atom is -0.396 e. The Morgan fingerprint density at radius 2 is 1.78 bits per heavy atom. The molecular formula is C23H37NO3. The average Bonchev–Trinajstić information content (AvgIpc) is 3.03. The zero-order chi connectivity index (χ0) is 20.6. The molecule has 0 spiro atoms. The van der Waals surface area contributed by atoms with E-state index in [4.69, 9.17) is 0 Å². The Morgan fingerprint density at radius 3 is 2.15 bits per heavy atom. The first-order chi connectivity index (χ1) is 12.6. The molecule has 0 radical (unpaired) electrons. The fraction of sp³-hybridized carbons (Fsp3) is 0.565. The van der Waals surface area contributed by atoms with Gasteiger partial charge in [0.1, 0.15) is 0 Å². The van der Waals surface area contributed by atoms with Crippen LogP contribution in [0.2, 0.25) is 0 Å². The van der Waals surface area contributed by atoms with E-state index in [1.54, 1.807) is 19.9 Å². The van der Waals surface area contributed by atoms with Crippen molar-refractivity contribution in [3.05, 3.63) is 60.2 Å². The molecule has 1 aromatic carbocycles. The molecule has 1 fully saturated rings. The van der Waals surface area contributed by atoms with Crippen molar-refractivity contribution >= 4 is 0 Å². The molecule has 4 nitrogen and oxygen atoms in total. The van der Waals surface area contributed by atoms with E-state index in [2.05, 4.69) is 25.0 Å². The van der Waals surface area contributed by atoms with Crippen LogP contribution in [0.1, 0.15) is 51.3 Å². The number of aliphatic hydroxyl groups is 3. The first-order valence-corrected chi connectivity index (χ1v) is 9.74. The lowest BCUT2D eigenvalue weighted by atomic mass is 9.95. The molecule has 3 N–H and O–H groups in total. The average molecular weight is 376 g/mol. The van der Waals surface area contributed by atoms with Crippen molar-refractivity contribution in [3.63, 3.8) is 0 Å². The third kappa shape index (κ3) is 7.59. The minimum atomic E-state index is -0.860. The van der Waals surface area contributed by atoms with E-state index >= 15 is 0 Å². The number of likely N-dealkylation sites (tertiary alicyclic amines) is 1. The quantitative estimate of drug-likeness (QED) is 0.637. The maximum Gasteiger partial charge on any atom is 0.0916 e. The topological polar surface area (TPSA) is 63.9 Å². The lowest BCUT2D eigenvalue weighted by Gasteiger charge is -2.22. The predicted octanol–water partition coefficient (Wildman–Crippen LogP) is 3.65. The summed E-state index contributed by atoms with van der Waals surface area (Å²) in [5.41, 5.74) is 1.87. The van der Waals surface area contributed by atoms with Gasteiger partial charge in [0.2, 0.25) is 0 Å². The van der Waals surface area contributed by atoms with Crippen LogP contribution in [0.5, 0.6) is 0 Å².